The van der Waals surface area contributed by atoms with Crippen LogP contribution < -0.4 is 15.4 Å². The Labute approximate surface area is 182 Å². The van der Waals surface area contributed by atoms with Gasteiger partial charge >= 0.3 is 0 Å². The summed E-state index contributed by atoms with van der Waals surface area (Å²) < 4.78 is 11.7. The lowest BCUT2D eigenvalue weighted by Gasteiger charge is -2.45. The number of nitrogens with one attached hydrogen (secondary N) is 2. The van der Waals surface area contributed by atoms with E-state index in [1.807, 2.05) is 0 Å². The minimum Gasteiger partial charge on any atom is -0.493 e. The van der Waals surface area contributed by atoms with Crippen molar-refractivity contribution in [2.45, 2.75) is 65.0 Å². The van der Waals surface area contributed by atoms with E-state index < -0.39 is 0 Å². The first-order chi connectivity index (χ1) is 14.7. The number of guanidine groups is 1. The molecule has 6 nitrogen and oxygen atoms in total. The van der Waals surface area contributed by atoms with Crippen molar-refractivity contribution in [3.05, 3.63) is 29.3 Å². The highest BCUT2D eigenvalue weighted by Gasteiger charge is 2.39. The fourth-order valence-electron chi connectivity index (χ4n) is 4.44. The Morgan fingerprint density at radius 2 is 1.93 bits per heavy atom. The topological polar surface area (TPSA) is 58.1 Å². The van der Waals surface area contributed by atoms with Crippen LogP contribution in [0.4, 0.5) is 0 Å². The lowest BCUT2D eigenvalue weighted by molar-refractivity contribution is -0.0164. The van der Waals surface area contributed by atoms with Crippen LogP contribution in [0.2, 0.25) is 0 Å². The number of aliphatic imine (C=N–C) groups is 1. The molecular formula is C24H40N4O2. The number of nitrogens with zero attached hydrogens (tertiary/aromatic N) is 2. The maximum Gasteiger partial charge on any atom is 0.191 e. The maximum absolute atomic E-state index is 5.97. The molecule has 1 aromatic carbocycles. The molecular weight excluding hydrogens is 376 g/mol. The SMILES string of the molecule is CCCOc1cc(C)ccc1CN=C(NCC)NCC1(N2CCCC2)CCOCC1. The second-order valence-corrected chi connectivity index (χ2v) is 8.54. The van der Waals surface area contributed by atoms with Crippen molar-refractivity contribution >= 4 is 5.96 Å². The lowest BCUT2D eigenvalue weighted by atomic mass is 9.88. The molecule has 0 unspecified atom stereocenters. The third kappa shape index (κ3) is 6.11. The summed E-state index contributed by atoms with van der Waals surface area (Å²) in [6.07, 6.45) is 5.80. The molecule has 6 heteroatoms. The number of aryl methyl sites for hydroxylation is 1. The van der Waals surface area contributed by atoms with Crippen LogP contribution in [0, 0.1) is 6.92 Å². The van der Waals surface area contributed by atoms with Crippen LogP contribution in [0.1, 0.15) is 57.1 Å². The zero-order valence-corrected chi connectivity index (χ0v) is 19.1. The van der Waals surface area contributed by atoms with Gasteiger partial charge in [0.2, 0.25) is 0 Å². The lowest BCUT2D eigenvalue weighted by Crippen LogP contribution is -2.58. The van der Waals surface area contributed by atoms with E-state index in [4.69, 9.17) is 14.5 Å². The molecule has 2 aliphatic rings. The Bertz CT molecular complexity index is 680. The van der Waals surface area contributed by atoms with E-state index in [9.17, 15) is 0 Å². The molecule has 0 aromatic heterocycles. The van der Waals surface area contributed by atoms with Crippen LogP contribution >= 0.6 is 0 Å². The van der Waals surface area contributed by atoms with Crippen molar-refractivity contribution < 1.29 is 9.47 Å². The van der Waals surface area contributed by atoms with E-state index >= 15 is 0 Å². The minimum absolute atomic E-state index is 0.185. The molecule has 2 saturated heterocycles. The standard InChI is InChI=1S/C24H40N4O2/c1-4-14-30-22-17-20(3)8-9-21(22)18-26-23(25-5-2)27-19-24(10-15-29-16-11-24)28-12-6-7-13-28/h8-9,17H,4-7,10-16,18-19H2,1-3H3,(H2,25,26,27). The molecule has 0 spiro atoms. The van der Waals surface area contributed by atoms with Crippen LogP contribution in [0.3, 0.4) is 0 Å². The molecule has 0 atom stereocenters. The highest BCUT2D eigenvalue weighted by atomic mass is 16.5. The first-order valence-corrected chi connectivity index (χ1v) is 11.7. The molecule has 30 heavy (non-hydrogen) atoms. The Hall–Kier alpha value is -1.79. The van der Waals surface area contributed by atoms with Gasteiger partial charge in [-0.05, 0) is 70.7 Å². The fourth-order valence-corrected chi connectivity index (χ4v) is 4.44. The van der Waals surface area contributed by atoms with Gasteiger partial charge < -0.3 is 20.1 Å². The summed E-state index contributed by atoms with van der Waals surface area (Å²) in [6.45, 7) is 13.6. The van der Waals surface area contributed by atoms with E-state index in [-0.39, 0.29) is 5.54 Å². The molecule has 1 aromatic rings. The van der Waals surface area contributed by atoms with E-state index in [0.29, 0.717) is 6.54 Å². The number of hydrogen-bond acceptors (Lipinski definition) is 4. The van der Waals surface area contributed by atoms with Crippen molar-refractivity contribution in [3.63, 3.8) is 0 Å². The second kappa shape index (κ2) is 11.6. The van der Waals surface area contributed by atoms with Crippen molar-refractivity contribution in [2.75, 3.05) is 46.0 Å². The van der Waals surface area contributed by atoms with Crippen LogP contribution in [-0.2, 0) is 11.3 Å². The second-order valence-electron chi connectivity index (χ2n) is 8.54. The predicted octanol–water partition coefficient (Wildman–Crippen LogP) is 3.48. The van der Waals surface area contributed by atoms with Gasteiger partial charge in [0.1, 0.15) is 5.75 Å². The molecule has 0 bridgehead atoms. The molecule has 0 aliphatic carbocycles. The van der Waals surface area contributed by atoms with E-state index in [1.165, 1.54) is 31.5 Å². The Kier molecular flexibility index (Phi) is 8.82. The summed E-state index contributed by atoms with van der Waals surface area (Å²) in [5, 5.41) is 7.08. The van der Waals surface area contributed by atoms with Crippen LogP contribution in [0.15, 0.2) is 23.2 Å². The monoisotopic (exact) mass is 416 g/mol. The highest BCUT2D eigenvalue weighted by Crippen LogP contribution is 2.30. The van der Waals surface area contributed by atoms with Gasteiger partial charge in [-0.1, -0.05) is 19.1 Å². The number of hydrogen-bond donors (Lipinski definition) is 2. The molecule has 168 valence electrons. The summed E-state index contributed by atoms with van der Waals surface area (Å²) in [5.74, 6) is 1.83. The van der Waals surface area contributed by atoms with Crippen molar-refractivity contribution in [3.8, 4) is 5.75 Å². The van der Waals surface area contributed by atoms with Crippen molar-refractivity contribution in [2.24, 2.45) is 4.99 Å². The number of rotatable bonds is 9. The largest absolute Gasteiger partial charge is 0.493 e. The Balaban J connectivity index is 1.68. The fraction of sp³-hybridized carbons (Fsp3) is 0.708. The van der Waals surface area contributed by atoms with Crippen molar-refractivity contribution in [1.29, 1.82) is 0 Å². The average Bonchev–Trinajstić information content (AvgIpc) is 3.31. The van der Waals surface area contributed by atoms with Crippen LogP contribution in [0.25, 0.3) is 0 Å². The van der Waals surface area contributed by atoms with Gasteiger partial charge in [-0.3, -0.25) is 4.90 Å². The number of likely N-dealkylation sites (tertiary alicyclic amines) is 1. The van der Waals surface area contributed by atoms with Crippen molar-refractivity contribution in [1.82, 2.24) is 15.5 Å². The zero-order valence-electron chi connectivity index (χ0n) is 19.1. The molecule has 0 saturated carbocycles. The Morgan fingerprint density at radius 1 is 1.17 bits per heavy atom. The van der Waals surface area contributed by atoms with Crippen LogP contribution in [0.5, 0.6) is 5.75 Å². The summed E-state index contributed by atoms with van der Waals surface area (Å²) in [4.78, 5) is 7.57. The van der Waals surface area contributed by atoms with Crippen LogP contribution in [-0.4, -0.2) is 62.4 Å². The van der Waals surface area contributed by atoms with Gasteiger partial charge in [-0.25, -0.2) is 4.99 Å². The van der Waals surface area contributed by atoms with Gasteiger partial charge in [0.05, 0.1) is 13.2 Å². The molecule has 0 amide bonds. The summed E-state index contributed by atoms with van der Waals surface area (Å²) in [6, 6.07) is 6.39. The Morgan fingerprint density at radius 3 is 2.63 bits per heavy atom. The van der Waals surface area contributed by atoms with Gasteiger partial charge in [0, 0.05) is 37.4 Å². The quantitative estimate of drug-likeness (QED) is 0.477. The first-order valence-electron chi connectivity index (χ1n) is 11.7. The highest BCUT2D eigenvalue weighted by molar-refractivity contribution is 5.79. The molecule has 2 fully saturated rings. The van der Waals surface area contributed by atoms with Gasteiger partial charge in [-0.15, -0.1) is 0 Å². The minimum atomic E-state index is 0.185. The van der Waals surface area contributed by atoms with Gasteiger partial charge in [-0.2, -0.15) is 0 Å². The normalized spacial score (nSPS) is 19.6. The third-order valence-corrected chi connectivity index (χ3v) is 6.22. The maximum atomic E-state index is 5.97. The third-order valence-electron chi connectivity index (χ3n) is 6.22. The number of benzene rings is 1. The summed E-state index contributed by atoms with van der Waals surface area (Å²) in [5.41, 5.74) is 2.53. The smallest absolute Gasteiger partial charge is 0.191 e. The zero-order chi connectivity index (χ0) is 21.2. The van der Waals surface area contributed by atoms with Gasteiger partial charge in [0.15, 0.2) is 5.96 Å². The average molecular weight is 417 g/mol. The molecule has 3 rings (SSSR count). The number of ether oxygens (including phenoxy) is 2. The predicted molar refractivity (Wildman–Crippen MR) is 123 cm³/mol. The van der Waals surface area contributed by atoms with E-state index in [0.717, 1.165) is 69.4 Å². The first kappa shape index (κ1) is 22.9. The molecule has 2 heterocycles. The molecule has 2 N–H and O–H groups in total. The van der Waals surface area contributed by atoms with E-state index in [2.05, 4.69) is 54.5 Å². The summed E-state index contributed by atoms with van der Waals surface area (Å²) >= 11 is 0. The molecule has 0 radical (unpaired) electrons. The van der Waals surface area contributed by atoms with Gasteiger partial charge in [0.25, 0.3) is 0 Å². The van der Waals surface area contributed by atoms with E-state index in [1.54, 1.807) is 0 Å². The molecule has 2 aliphatic heterocycles. The summed E-state index contributed by atoms with van der Waals surface area (Å²) in [7, 11) is 0.